The number of nitrogens with two attached hydrogens (primary N) is 1. The van der Waals surface area contributed by atoms with Crippen molar-refractivity contribution in [2.75, 3.05) is 0 Å². The first-order valence-corrected chi connectivity index (χ1v) is 6.77. The number of rotatable bonds is 5. The van der Waals surface area contributed by atoms with E-state index in [4.69, 9.17) is 10.2 Å². The van der Waals surface area contributed by atoms with E-state index >= 15 is 0 Å². The summed E-state index contributed by atoms with van der Waals surface area (Å²) in [6.45, 7) is 1.89. The van der Waals surface area contributed by atoms with E-state index in [9.17, 15) is 8.42 Å². The van der Waals surface area contributed by atoms with Gasteiger partial charge in [0.25, 0.3) is 0 Å². The van der Waals surface area contributed by atoms with Crippen molar-refractivity contribution in [2.24, 2.45) is 5.73 Å². The smallest absolute Gasteiger partial charge is 0.244 e. The zero-order valence-electron chi connectivity index (χ0n) is 9.80. The molecule has 2 rings (SSSR count). The van der Waals surface area contributed by atoms with Crippen molar-refractivity contribution in [1.82, 2.24) is 14.7 Å². The van der Waals surface area contributed by atoms with Crippen molar-refractivity contribution >= 4 is 10.0 Å². The van der Waals surface area contributed by atoms with Crippen molar-refractivity contribution in [3.8, 4) is 0 Å². The first-order valence-electron chi connectivity index (χ1n) is 5.29. The molecule has 0 unspecified atom stereocenters. The van der Waals surface area contributed by atoms with E-state index in [1.165, 1.54) is 12.4 Å². The SMILES string of the molecule is Cc1oc(CN)cc1S(=O)(=O)NCc1cnc[nH]1. The monoisotopic (exact) mass is 270 g/mol. The van der Waals surface area contributed by atoms with Crippen LogP contribution < -0.4 is 10.5 Å². The van der Waals surface area contributed by atoms with Crippen LogP contribution >= 0.6 is 0 Å². The quantitative estimate of drug-likeness (QED) is 0.720. The molecule has 0 aromatic carbocycles. The lowest BCUT2D eigenvalue weighted by Gasteiger charge is -2.03. The van der Waals surface area contributed by atoms with Crippen LogP contribution in [0.1, 0.15) is 17.2 Å². The summed E-state index contributed by atoms with van der Waals surface area (Å²) in [6.07, 6.45) is 3.04. The second-order valence-corrected chi connectivity index (χ2v) is 5.47. The van der Waals surface area contributed by atoms with E-state index < -0.39 is 10.0 Å². The number of aromatic amines is 1. The highest BCUT2D eigenvalue weighted by Crippen LogP contribution is 2.19. The van der Waals surface area contributed by atoms with Crippen LogP contribution in [-0.4, -0.2) is 18.4 Å². The molecule has 0 aliphatic carbocycles. The Morgan fingerprint density at radius 3 is 2.89 bits per heavy atom. The molecule has 0 radical (unpaired) electrons. The number of nitrogens with one attached hydrogen (secondary N) is 2. The largest absolute Gasteiger partial charge is 0.464 e. The molecule has 0 saturated carbocycles. The van der Waals surface area contributed by atoms with E-state index in [-0.39, 0.29) is 18.0 Å². The lowest BCUT2D eigenvalue weighted by molar-refractivity contribution is 0.478. The van der Waals surface area contributed by atoms with Crippen LogP contribution in [0.3, 0.4) is 0 Å². The third kappa shape index (κ3) is 2.61. The maximum atomic E-state index is 12.0. The predicted octanol–water partition coefficient (Wildman–Crippen LogP) is 0.248. The first kappa shape index (κ1) is 12.8. The molecule has 0 aliphatic heterocycles. The van der Waals surface area contributed by atoms with Gasteiger partial charge in [0.05, 0.1) is 19.4 Å². The summed E-state index contributed by atoms with van der Waals surface area (Å²) >= 11 is 0. The molecule has 0 bridgehead atoms. The molecule has 18 heavy (non-hydrogen) atoms. The molecule has 2 aromatic rings. The van der Waals surface area contributed by atoms with Crippen molar-refractivity contribution in [3.63, 3.8) is 0 Å². The fourth-order valence-electron chi connectivity index (χ4n) is 1.52. The molecular formula is C10H14N4O3S. The standard InChI is InChI=1S/C10H14N4O3S/c1-7-10(2-9(3-11)17-7)18(15,16)14-5-8-4-12-6-13-8/h2,4,6,14H,3,5,11H2,1H3,(H,12,13). The highest BCUT2D eigenvalue weighted by molar-refractivity contribution is 7.89. The molecule has 4 N–H and O–H groups in total. The maximum absolute atomic E-state index is 12.0. The van der Waals surface area contributed by atoms with Crippen molar-refractivity contribution in [3.05, 3.63) is 35.8 Å². The summed E-state index contributed by atoms with van der Waals surface area (Å²) in [4.78, 5) is 6.73. The average Bonchev–Trinajstić information content (AvgIpc) is 2.95. The van der Waals surface area contributed by atoms with E-state index in [0.717, 1.165) is 0 Å². The zero-order chi connectivity index (χ0) is 13.2. The fourth-order valence-corrected chi connectivity index (χ4v) is 2.73. The number of H-pyrrole nitrogens is 1. The second kappa shape index (κ2) is 4.92. The van der Waals surface area contributed by atoms with Gasteiger partial charge in [0.1, 0.15) is 16.4 Å². The molecule has 0 amide bonds. The summed E-state index contributed by atoms with van der Waals surface area (Å²) in [5.74, 6) is 0.766. The number of nitrogens with zero attached hydrogens (tertiary/aromatic N) is 1. The summed E-state index contributed by atoms with van der Waals surface area (Å²) in [5, 5.41) is 0. The number of sulfonamides is 1. The molecule has 0 atom stereocenters. The molecule has 2 aromatic heterocycles. The maximum Gasteiger partial charge on any atom is 0.244 e. The van der Waals surface area contributed by atoms with Crippen molar-refractivity contribution < 1.29 is 12.8 Å². The van der Waals surface area contributed by atoms with Gasteiger partial charge in [0.15, 0.2) is 0 Å². The third-order valence-corrected chi connectivity index (χ3v) is 3.93. The van der Waals surface area contributed by atoms with Crippen LogP contribution in [0.15, 0.2) is 27.9 Å². The lowest BCUT2D eigenvalue weighted by atomic mass is 10.4. The van der Waals surface area contributed by atoms with Gasteiger partial charge in [-0.3, -0.25) is 0 Å². The third-order valence-electron chi connectivity index (χ3n) is 2.42. The Morgan fingerprint density at radius 1 is 1.56 bits per heavy atom. The summed E-state index contributed by atoms with van der Waals surface area (Å²) in [7, 11) is -3.60. The minimum Gasteiger partial charge on any atom is -0.464 e. The fraction of sp³-hybridized carbons (Fsp3) is 0.300. The van der Waals surface area contributed by atoms with Gasteiger partial charge in [-0.1, -0.05) is 0 Å². The van der Waals surface area contributed by atoms with Gasteiger partial charge in [-0.2, -0.15) is 0 Å². The zero-order valence-corrected chi connectivity index (χ0v) is 10.6. The van der Waals surface area contributed by atoms with Gasteiger partial charge in [-0.05, 0) is 6.92 Å². The molecule has 0 aliphatic rings. The Hall–Kier alpha value is -1.64. The lowest BCUT2D eigenvalue weighted by Crippen LogP contribution is -2.23. The molecule has 0 saturated heterocycles. The normalized spacial score (nSPS) is 11.9. The topological polar surface area (TPSA) is 114 Å². The van der Waals surface area contributed by atoms with Crippen molar-refractivity contribution in [2.45, 2.75) is 24.9 Å². The van der Waals surface area contributed by atoms with Gasteiger partial charge < -0.3 is 15.1 Å². The van der Waals surface area contributed by atoms with Gasteiger partial charge in [0.2, 0.25) is 10.0 Å². The van der Waals surface area contributed by atoms with Crippen LogP contribution in [-0.2, 0) is 23.1 Å². The Balaban J connectivity index is 2.17. The van der Waals surface area contributed by atoms with E-state index in [1.807, 2.05) is 0 Å². The first-order chi connectivity index (χ1) is 8.53. The summed E-state index contributed by atoms with van der Waals surface area (Å²) in [5.41, 5.74) is 6.08. The van der Waals surface area contributed by atoms with Gasteiger partial charge in [-0.25, -0.2) is 18.1 Å². The van der Waals surface area contributed by atoms with Crippen LogP contribution in [0.4, 0.5) is 0 Å². The number of hydrogen-bond acceptors (Lipinski definition) is 5. The van der Waals surface area contributed by atoms with Gasteiger partial charge in [0, 0.05) is 18.0 Å². The molecule has 98 valence electrons. The number of imidazole rings is 1. The number of aromatic nitrogens is 2. The van der Waals surface area contributed by atoms with Crippen LogP contribution in [0, 0.1) is 6.92 Å². The molecule has 7 nitrogen and oxygen atoms in total. The Kier molecular flexibility index (Phi) is 3.50. The minimum absolute atomic E-state index is 0.113. The minimum atomic E-state index is -3.60. The van der Waals surface area contributed by atoms with Crippen LogP contribution in [0.25, 0.3) is 0 Å². The summed E-state index contributed by atoms with van der Waals surface area (Å²) < 4.78 is 31.7. The molecule has 2 heterocycles. The Labute approximate surface area is 104 Å². The van der Waals surface area contributed by atoms with Crippen LogP contribution in [0.5, 0.6) is 0 Å². The van der Waals surface area contributed by atoms with E-state index in [1.54, 1.807) is 13.1 Å². The molecule has 0 spiro atoms. The second-order valence-electron chi connectivity index (χ2n) is 3.74. The molecule has 0 fully saturated rings. The number of furan rings is 1. The molecular weight excluding hydrogens is 256 g/mol. The summed E-state index contributed by atoms with van der Waals surface area (Å²) in [6, 6.07) is 1.44. The Bertz CT molecular complexity index is 616. The van der Waals surface area contributed by atoms with Gasteiger partial charge >= 0.3 is 0 Å². The highest BCUT2D eigenvalue weighted by atomic mass is 32.2. The average molecular weight is 270 g/mol. The highest BCUT2D eigenvalue weighted by Gasteiger charge is 2.20. The molecule has 8 heteroatoms. The van der Waals surface area contributed by atoms with Gasteiger partial charge in [-0.15, -0.1) is 0 Å². The van der Waals surface area contributed by atoms with E-state index in [0.29, 0.717) is 17.2 Å². The predicted molar refractivity (Wildman–Crippen MR) is 63.9 cm³/mol. The number of aryl methyl sites for hydroxylation is 1. The van der Waals surface area contributed by atoms with E-state index in [2.05, 4.69) is 14.7 Å². The Morgan fingerprint density at radius 2 is 2.33 bits per heavy atom. The van der Waals surface area contributed by atoms with Crippen LogP contribution in [0.2, 0.25) is 0 Å². The number of hydrogen-bond donors (Lipinski definition) is 3. The van der Waals surface area contributed by atoms with Crippen molar-refractivity contribution in [1.29, 1.82) is 0 Å².